The van der Waals surface area contributed by atoms with Gasteiger partial charge in [-0.15, -0.1) is 0 Å². The molecule has 4 nitrogen and oxygen atoms in total. The lowest BCUT2D eigenvalue weighted by molar-refractivity contribution is 0.571. The fourth-order valence-corrected chi connectivity index (χ4v) is 4.06. The second-order valence-electron chi connectivity index (χ2n) is 3.99. The van der Waals surface area contributed by atoms with Crippen LogP contribution in [-0.2, 0) is 10.0 Å². The minimum Gasteiger partial charge on any atom is -0.389 e. The summed E-state index contributed by atoms with van der Waals surface area (Å²) in [5, 5.41) is 0.142. The van der Waals surface area contributed by atoms with Gasteiger partial charge in [0.05, 0.1) is 5.02 Å². The molecule has 1 aromatic rings. The fourth-order valence-electron chi connectivity index (χ4n) is 1.47. The highest BCUT2D eigenvalue weighted by Gasteiger charge is 2.21. The van der Waals surface area contributed by atoms with Gasteiger partial charge in [-0.25, -0.2) is 13.1 Å². The van der Waals surface area contributed by atoms with Gasteiger partial charge < -0.3 is 5.73 Å². The Morgan fingerprint density at radius 1 is 1.58 bits per heavy atom. The first-order chi connectivity index (χ1) is 8.77. The Morgan fingerprint density at radius 2 is 2.21 bits per heavy atom. The van der Waals surface area contributed by atoms with E-state index < -0.39 is 10.0 Å². The van der Waals surface area contributed by atoms with Gasteiger partial charge in [0.1, 0.15) is 9.88 Å². The summed E-state index contributed by atoms with van der Waals surface area (Å²) in [6.45, 7) is 1.79. The van der Waals surface area contributed by atoms with Crippen LogP contribution in [0.3, 0.4) is 0 Å². The van der Waals surface area contributed by atoms with Crippen molar-refractivity contribution in [2.24, 2.45) is 5.73 Å². The van der Waals surface area contributed by atoms with Gasteiger partial charge in [0.2, 0.25) is 10.0 Å². The summed E-state index contributed by atoms with van der Waals surface area (Å²) < 4.78 is 27.0. The Labute approximate surface area is 128 Å². The molecule has 0 radical (unpaired) electrons. The Kier molecular flexibility index (Phi) is 6.07. The smallest absolute Gasteiger partial charge is 0.242 e. The number of hydrogen-bond acceptors (Lipinski definition) is 4. The largest absolute Gasteiger partial charge is 0.389 e. The number of rotatable bonds is 6. The lowest BCUT2D eigenvalue weighted by Crippen LogP contribution is -2.34. The molecule has 0 aromatic heterocycles. The Morgan fingerprint density at radius 3 is 2.74 bits per heavy atom. The first-order valence-corrected chi connectivity index (χ1v) is 9.05. The topological polar surface area (TPSA) is 72.2 Å². The van der Waals surface area contributed by atoms with Crippen LogP contribution in [0, 0.1) is 0 Å². The predicted molar refractivity (Wildman–Crippen MR) is 85.5 cm³/mol. The van der Waals surface area contributed by atoms with Crippen molar-refractivity contribution in [3.63, 3.8) is 0 Å². The standard InChI is InChI=1S/C11H15ClN2O2S3/c1-7(6-18-2)14-19(15,16)10-5-8(11(13)17)3-4-9(10)12/h3-5,7,14H,6H2,1-2H3,(H2,13,17). The van der Waals surface area contributed by atoms with Crippen molar-refractivity contribution in [2.45, 2.75) is 17.9 Å². The lowest BCUT2D eigenvalue weighted by atomic mass is 10.2. The van der Waals surface area contributed by atoms with E-state index in [0.717, 1.165) is 0 Å². The van der Waals surface area contributed by atoms with E-state index in [2.05, 4.69) is 4.72 Å². The van der Waals surface area contributed by atoms with Gasteiger partial charge in [0, 0.05) is 17.4 Å². The first kappa shape index (κ1) is 16.7. The second-order valence-corrected chi connectivity index (χ2v) is 7.43. The Hall–Kier alpha value is -0.340. The summed E-state index contributed by atoms with van der Waals surface area (Å²) in [7, 11) is -3.68. The average molecular weight is 339 g/mol. The molecule has 1 aromatic carbocycles. The first-order valence-electron chi connectivity index (χ1n) is 5.38. The summed E-state index contributed by atoms with van der Waals surface area (Å²) in [4.78, 5) is 0.123. The highest BCUT2D eigenvalue weighted by atomic mass is 35.5. The minimum atomic E-state index is -3.68. The number of thiocarbonyl (C=S) groups is 1. The molecule has 0 heterocycles. The van der Waals surface area contributed by atoms with Crippen LogP contribution in [-0.4, -0.2) is 31.5 Å². The molecule has 3 N–H and O–H groups in total. The number of sulfonamides is 1. The normalized spacial score (nSPS) is 13.2. The van der Waals surface area contributed by atoms with Crippen LogP contribution in [0.15, 0.2) is 23.1 Å². The van der Waals surface area contributed by atoms with E-state index in [1.54, 1.807) is 24.8 Å². The van der Waals surface area contributed by atoms with Crippen LogP contribution in [0.25, 0.3) is 0 Å². The molecular formula is C11H15ClN2O2S3. The second kappa shape index (κ2) is 6.90. The number of hydrogen-bond donors (Lipinski definition) is 2. The molecule has 1 unspecified atom stereocenters. The molecule has 0 aliphatic heterocycles. The van der Waals surface area contributed by atoms with Gasteiger partial charge in [0.15, 0.2) is 0 Å². The third kappa shape index (κ3) is 4.61. The number of thioether (sulfide) groups is 1. The van der Waals surface area contributed by atoms with E-state index in [4.69, 9.17) is 29.6 Å². The molecule has 19 heavy (non-hydrogen) atoms. The monoisotopic (exact) mass is 338 g/mol. The van der Waals surface area contributed by atoms with Crippen molar-refractivity contribution in [3.05, 3.63) is 28.8 Å². The SMILES string of the molecule is CSCC(C)NS(=O)(=O)c1cc(C(N)=S)ccc1Cl. The number of nitrogens with one attached hydrogen (secondary N) is 1. The molecular weight excluding hydrogens is 324 g/mol. The van der Waals surface area contributed by atoms with Crippen LogP contribution < -0.4 is 10.5 Å². The fraction of sp³-hybridized carbons (Fsp3) is 0.364. The van der Waals surface area contributed by atoms with E-state index in [-0.39, 0.29) is 20.9 Å². The quantitative estimate of drug-likeness (QED) is 0.776. The third-order valence-corrected chi connectivity index (χ3v) is 5.42. The molecule has 106 valence electrons. The molecule has 0 saturated carbocycles. The zero-order valence-electron chi connectivity index (χ0n) is 10.5. The van der Waals surface area contributed by atoms with E-state index in [1.807, 2.05) is 6.26 Å². The summed E-state index contributed by atoms with van der Waals surface area (Å²) in [6, 6.07) is 4.27. The molecule has 0 spiro atoms. The number of benzene rings is 1. The maximum atomic E-state index is 12.2. The number of halogens is 1. The number of nitrogens with two attached hydrogens (primary N) is 1. The van der Waals surface area contributed by atoms with E-state index >= 15 is 0 Å². The molecule has 0 saturated heterocycles. The summed E-state index contributed by atoms with van der Waals surface area (Å²) in [5.74, 6) is 0.672. The summed E-state index contributed by atoms with van der Waals surface area (Å²) in [5.41, 5.74) is 5.96. The Balaban J connectivity index is 3.13. The van der Waals surface area contributed by atoms with Crippen LogP contribution >= 0.6 is 35.6 Å². The highest BCUT2D eigenvalue weighted by molar-refractivity contribution is 7.98. The molecule has 0 bridgehead atoms. The molecule has 8 heteroatoms. The third-order valence-electron chi connectivity index (χ3n) is 2.28. The van der Waals surface area contributed by atoms with Crippen molar-refractivity contribution in [3.8, 4) is 0 Å². The highest BCUT2D eigenvalue weighted by Crippen LogP contribution is 2.23. The Bertz CT molecular complexity index is 575. The van der Waals surface area contributed by atoms with Crippen LogP contribution in [0.5, 0.6) is 0 Å². The van der Waals surface area contributed by atoms with Gasteiger partial charge in [-0.1, -0.05) is 29.9 Å². The molecule has 0 fully saturated rings. The lowest BCUT2D eigenvalue weighted by Gasteiger charge is -2.14. The van der Waals surface area contributed by atoms with E-state index in [1.165, 1.54) is 12.1 Å². The molecule has 0 aliphatic carbocycles. The molecule has 1 atom stereocenters. The molecule has 0 amide bonds. The summed E-state index contributed by atoms with van der Waals surface area (Å²) in [6.07, 6.45) is 1.91. The molecule has 1 rings (SSSR count). The van der Waals surface area contributed by atoms with Gasteiger partial charge in [-0.2, -0.15) is 11.8 Å². The van der Waals surface area contributed by atoms with Crippen LogP contribution in [0.2, 0.25) is 5.02 Å². The maximum Gasteiger partial charge on any atom is 0.242 e. The summed E-state index contributed by atoms with van der Waals surface area (Å²) >= 11 is 12.3. The predicted octanol–water partition coefficient (Wildman–Crippen LogP) is 2.00. The average Bonchev–Trinajstić information content (AvgIpc) is 2.28. The molecule has 0 aliphatic rings. The van der Waals surface area contributed by atoms with Crippen molar-refractivity contribution in [1.29, 1.82) is 0 Å². The van der Waals surface area contributed by atoms with Gasteiger partial charge in [-0.3, -0.25) is 0 Å². The zero-order chi connectivity index (χ0) is 14.6. The maximum absolute atomic E-state index is 12.2. The van der Waals surface area contributed by atoms with Gasteiger partial charge >= 0.3 is 0 Å². The van der Waals surface area contributed by atoms with Crippen molar-refractivity contribution < 1.29 is 8.42 Å². The van der Waals surface area contributed by atoms with Crippen molar-refractivity contribution in [2.75, 3.05) is 12.0 Å². The van der Waals surface area contributed by atoms with Crippen molar-refractivity contribution >= 4 is 50.6 Å². The van der Waals surface area contributed by atoms with Gasteiger partial charge in [-0.05, 0) is 25.3 Å². The van der Waals surface area contributed by atoms with E-state index in [0.29, 0.717) is 11.3 Å². The van der Waals surface area contributed by atoms with Crippen LogP contribution in [0.4, 0.5) is 0 Å². The van der Waals surface area contributed by atoms with Crippen LogP contribution in [0.1, 0.15) is 12.5 Å². The zero-order valence-corrected chi connectivity index (χ0v) is 13.7. The minimum absolute atomic E-state index is 0.00702. The van der Waals surface area contributed by atoms with Crippen molar-refractivity contribution in [1.82, 2.24) is 4.72 Å². The van der Waals surface area contributed by atoms with Gasteiger partial charge in [0.25, 0.3) is 0 Å². The van der Waals surface area contributed by atoms with E-state index in [9.17, 15) is 8.42 Å².